The molecule has 2 rings (SSSR count). The zero-order valence-corrected chi connectivity index (χ0v) is 12.2. The summed E-state index contributed by atoms with van der Waals surface area (Å²) in [4.78, 5) is 11.7. The Kier molecular flexibility index (Phi) is 4.58. The van der Waals surface area contributed by atoms with Crippen molar-refractivity contribution in [1.29, 1.82) is 0 Å². The summed E-state index contributed by atoms with van der Waals surface area (Å²) in [7, 11) is 1.05. The fourth-order valence-electron chi connectivity index (χ4n) is 1.91. The summed E-state index contributed by atoms with van der Waals surface area (Å²) in [6.45, 7) is 1.57. The molecule has 0 radical (unpaired) electrons. The maximum absolute atomic E-state index is 13.1. The van der Waals surface area contributed by atoms with Gasteiger partial charge >= 0.3 is 12.1 Å². The van der Waals surface area contributed by atoms with E-state index < -0.39 is 23.5 Å². The normalized spacial score (nSPS) is 11.2. The molecule has 0 aliphatic heterocycles. The number of hydrogen-bond donors (Lipinski definition) is 0. The van der Waals surface area contributed by atoms with Gasteiger partial charge in [0.2, 0.25) is 0 Å². The molecule has 0 N–H and O–H groups in total. The number of ether oxygens (including phenoxy) is 2. The molecule has 23 heavy (non-hydrogen) atoms. The summed E-state index contributed by atoms with van der Waals surface area (Å²) in [5.74, 6) is -1.34. The lowest BCUT2D eigenvalue weighted by Crippen LogP contribution is -2.10. The predicted molar refractivity (Wildman–Crippen MR) is 74.0 cm³/mol. The Balaban J connectivity index is 2.47. The molecule has 0 fully saturated rings. The van der Waals surface area contributed by atoms with E-state index in [1.165, 1.54) is 12.1 Å². The molecule has 0 spiro atoms. The van der Waals surface area contributed by atoms with Crippen molar-refractivity contribution < 1.29 is 31.8 Å². The highest BCUT2D eigenvalue weighted by Crippen LogP contribution is 2.35. The number of hydrogen-bond acceptors (Lipinski definition) is 3. The third kappa shape index (κ3) is 3.80. The van der Waals surface area contributed by atoms with E-state index in [1.807, 2.05) is 0 Å². The Morgan fingerprint density at radius 1 is 1.04 bits per heavy atom. The maximum Gasteiger partial charge on any atom is 0.416 e. The SMILES string of the molecule is COC(=O)c1cc(C(F)(F)F)ccc1Oc1ccc(F)cc1C. The molecule has 2 aromatic rings. The van der Waals surface area contributed by atoms with Crippen LogP contribution in [-0.4, -0.2) is 13.1 Å². The number of alkyl halides is 3. The highest BCUT2D eigenvalue weighted by atomic mass is 19.4. The number of aryl methyl sites for hydroxylation is 1. The minimum atomic E-state index is -4.60. The summed E-state index contributed by atoms with van der Waals surface area (Å²) in [5.41, 5.74) is -0.937. The minimum absolute atomic E-state index is 0.112. The zero-order valence-electron chi connectivity index (χ0n) is 12.2. The van der Waals surface area contributed by atoms with E-state index in [0.29, 0.717) is 11.6 Å². The van der Waals surface area contributed by atoms with Crippen LogP contribution >= 0.6 is 0 Å². The number of methoxy groups -OCH3 is 1. The standard InChI is InChI=1S/C16H12F4O3/c1-9-7-11(17)4-6-13(9)23-14-5-3-10(16(18,19)20)8-12(14)15(21)22-2/h3-8H,1-2H3. The van der Waals surface area contributed by atoms with Crippen molar-refractivity contribution in [2.24, 2.45) is 0 Å². The van der Waals surface area contributed by atoms with Crippen LogP contribution in [0.5, 0.6) is 11.5 Å². The van der Waals surface area contributed by atoms with Gasteiger partial charge in [0, 0.05) is 0 Å². The molecular formula is C16H12F4O3. The summed E-state index contributed by atoms with van der Waals surface area (Å²) in [5, 5.41) is 0. The first kappa shape index (κ1) is 16.8. The number of benzene rings is 2. The van der Waals surface area contributed by atoms with E-state index in [-0.39, 0.29) is 17.1 Å². The van der Waals surface area contributed by atoms with E-state index in [9.17, 15) is 22.4 Å². The van der Waals surface area contributed by atoms with Crippen molar-refractivity contribution in [2.45, 2.75) is 13.1 Å². The van der Waals surface area contributed by atoms with Crippen molar-refractivity contribution in [3.63, 3.8) is 0 Å². The van der Waals surface area contributed by atoms with Crippen LogP contribution in [0, 0.1) is 12.7 Å². The molecule has 0 bridgehead atoms. The van der Waals surface area contributed by atoms with E-state index in [1.54, 1.807) is 6.92 Å². The van der Waals surface area contributed by atoms with Gasteiger partial charge < -0.3 is 9.47 Å². The summed E-state index contributed by atoms with van der Waals surface area (Å²) < 4.78 is 61.3. The van der Waals surface area contributed by atoms with Crippen LogP contribution in [0.15, 0.2) is 36.4 Å². The first-order valence-electron chi connectivity index (χ1n) is 6.46. The van der Waals surface area contributed by atoms with E-state index in [0.717, 1.165) is 25.3 Å². The number of esters is 1. The second-order valence-electron chi connectivity index (χ2n) is 4.71. The quantitative estimate of drug-likeness (QED) is 0.603. The Morgan fingerprint density at radius 2 is 1.70 bits per heavy atom. The Labute approximate surface area is 129 Å². The number of rotatable bonds is 3. The third-order valence-electron chi connectivity index (χ3n) is 3.07. The highest BCUT2D eigenvalue weighted by Gasteiger charge is 2.32. The van der Waals surface area contributed by atoms with Crippen LogP contribution in [0.2, 0.25) is 0 Å². The first-order chi connectivity index (χ1) is 10.7. The first-order valence-corrected chi connectivity index (χ1v) is 6.46. The lowest BCUT2D eigenvalue weighted by atomic mass is 10.1. The van der Waals surface area contributed by atoms with Gasteiger partial charge in [-0.05, 0) is 48.9 Å². The van der Waals surface area contributed by atoms with Gasteiger partial charge in [-0.2, -0.15) is 13.2 Å². The summed E-state index contributed by atoms with van der Waals surface area (Å²) >= 11 is 0. The minimum Gasteiger partial charge on any atom is -0.465 e. The molecule has 0 amide bonds. The summed E-state index contributed by atoms with van der Waals surface area (Å²) in [6.07, 6.45) is -4.60. The van der Waals surface area contributed by atoms with E-state index in [2.05, 4.69) is 4.74 Å². The van der Waals surface area contributed by atoms with Gasteiger partial charge in [-0.1, -0.05) is 0 Å². The fraction of sp³-hybridized carbons (Fsp3) is 0.188. The smallest absolute Gasteiger partial charge is 0.416 e. The van der Waals surface area contributed by atoms with Gasteiger partial charge in [-0.15, -0.1) is 0 Å². The van der Waals surface area contributed by atoms with Crippen molar-refractivity contribution >= 4 is 5.97 Å². The van der Waals surface area contributed by atoms with Gasteiger partial charge in [-0.3, -0.25) is 0 Å². The maximum atomic E-state index is 13.1. The van der Waals surface area contributed by atoms with Crippen LogP contribution in [0.4, 0.5) is 17.6 Å². The molecule has 0 saturated carbocycles. The van der Waals surface area contributed by atoms with Crippen molar-refractivity contribution in [3.8, 4) is 11.5 Å². The third-order valence-corrected chi connectivity index (χ3v) is 3.07. The number of carbonyl (C=O) groups is 1. The monoisotopic (exact) mass is 328 g/mol. The fourth-order valence-corrected chi connectivity index (χ4v) is 1.91. The van der Waals surface area contributed by atoms with Crippen molar-refractivity contribution in [2.75, 3.05) is 7.11 Å². The lowest BCUT2D eigenvalue weighted by molar-refractivity contribution is -0.137. The largest absolute Gasteiger partial charge is 0.465 e. The van der Waals surface area contributed by atoms with Crippen molar-refractivity contribution in [1.82, 2.24) is 0 Å². The van der Waals surface area contributed by atoms with Gasteiger partial charge in [0.15, 0.2) is 0 Å². The van der Waals surface area contributed by atoms with Crippen LogP contribution < -0.4 is 4.74 Å². The molecule has 122 valence electrons. The molecule has 0 saturated heterocycles. The van der Waals surface area contributed by atoms with Crippen LogP contribution in [0.3, 0.4) is 0 Å². The molecule has 7 heteroatoms. The average Bonchev–Trinajstić information content (AvgIpc) is 2.48. The molecule has 0 aliphatic rings. The molecule has 0 aromatic heterocycles. The van der Waals surface area contributed by atoms with Crippen LogP contribution in [0.1, 0.15) is 21.5 Å². The Bertz CT molecular complexity index is 739. The van der Waals surface area contributed by atoms with E-state index in [4.69, 9.17) is 4.74 Å². The molecule has 2 aromatic carbocycles. The Hall–Kier alpha value is -2.57. The highest BCUT2D eigenvalue weighted by molar-refractivity contribution is 5.92. The second kappa shape index (κ2) is 6.28. The van der Waals surface area contributed by atoms with Gasteiger partial charge in [0.05, 0.1) is 12.7 Å². The van der Waals surface area contributed by atoms with E-state index >= 15 is 0 Å². The number of halogens is 4. The van der Waals surface area contributed by atoms with Gasteiger partial charge in [-0.25, -0.2) is 9.18 Å². The average molecular weight is 328 g/mol. The molecular weight excluding hydrogens is 316 g/mol. The van der Waals surface area contributed by atoms with Crippen LogP contribution in [0.25, 0.3) is 0 Å². The summed E-state index contributed by atoms with van der Waals surface area (Å²) in [6, 6.07) is 6.14. The Morgan fingerprint density at radius 3 is 2.26 bits per heavy atom. The van der Waals surface area contributed by atoms with Crippen molar-refractivity contribution in [3.05, 3.63) is 58.9 Å². The topological polar surface area (TPSA) is 35.5 Å². The van der Waals surface area contributed by atoms with Gasteiger partial charge in [0.1, 0.15) is 22.9 Å². The second-order valence-corrected chi connectivity index (χ2v) is 4.71. The molecule has 0 atom stereocenters. The number of carbonyl (C=O) groups excluding carboxylic acids is 1. The lowest BCUT2D eigenvalue weighted by Gasteiger charge is -2.14. The zero-order chi connectivity index (χ0) is 17.2. The predicted octanol–water partition coefficient (Wildman–Crippen LogP) is 4.73. The van der Waals surface area contributed by atoms with Crippen LogP contribution in [-0.2, 0) is 10.9 Å². The molecule has 0 aliphatic carbocycles. The molecule has 0 heterocycles. The van der Waals surface area contributed by atoms with Gasteiger partial charge in [0.25, 0.3) is 0 Å². The molecule has 3 nitrogen and oxygen atoms in total. The molecule has 0 unspecified atom stereocenters.